The highest BCUT2D eigenvalue weighted by Gasteiger charge is 1.95. The minimum Gasteiger partial charge on any atom is -0.506 e. The minimum atomic E-state index is 0.0185. The van der Waals surface area contributed by atoms with Crippen LogP contribution in [-0.2, 0) is 0 Å². The molecule has 0 spiro atoms. The van der Waals surface area contributed by atoms with Crippen LogP contribution in [0, 0.1) is 0 Å². The molecule has 0 aliphatic rings. The van der Waals surface area contributed by atoms with E-state index in [1.165, 1.54) is 6.08 Å². The van der Waals surface area contributed by atoms with Gasteiger partial charge in [0.2, 0.25) is 0 Å². The summed E-state index contributed by atoms with van der Waals surface area (Å²) in [7, 11) is 0. The van der Waals surface area contributed by atoms with Crippen LogP contribution < -0.4 is 5.73 Å². The summed E-state index contributed by atoms with van der Waals surface area (Å²) in [5.41, 5.74) is 5.98. The van der Waals surface area contributed by atoms with Crippen LogP contribution in [-0.4, -0.2) is 5.11 Å². The lowest BCUT2D eigenvalue weighted by molar-refractivity contribution is 0.417. The van der Waals surface area contributed by atoms with Crippen LogP contribution in [0.4, 0.5) is 0 Å². The Balaban J connectivity index is 4.47. The van der Waals surface area contributed by atoms with E-state index in [2.05, 4.69) is 13.2 Å². The van der Waals surface area contributed by atoms with E-state index in [0.717, 1.165) is 0 Å². The molecule has 2 heteroatoms. The molecule has 0 aromatic carbocycles. The molecule has 3 N–H and O–H groups in total. The summed E-state index contributed by atoms with van der Waals surface area (Å²) in [6.07, 6.45) is 1.52. The highest BCUT2D eigenvalue weighted by Crippen LogP contribution is 2.04. The van der Waals surface area contributed by atoms with Crippen molar-refractivity contribution in [3.63, 3.8) is 0 Å². The fourth-order valence-corrected chi connectivity index (χ4v) is 0.350. The molecular weight excluding hydrogens is 114 g/mol. The Morgan fingerprint density at radius 1 is 1.67 bits per heavy atom. The fourth-order valence-electron chi connectivity index (χ4n) is 0.350. The molecule has 0 saturated carbocycles. The number of nitrogens with two attached hydrogens (primary N) is 1. The molecular formula is C7H11NO. The van der Waals surface area contributed by atoms with Crippen molar-refractivity contribution in [3.05, 3.63) is 36.3 Å². The highest BCUT2D eigenvalue weighted by molar-refractivity contribution is 5.29. The first-order valence-electron chi connectivity index (χ1n) is 2.56. The topological polar surface area (TPSA) is 46.2 Å². The van der Waals surface area contributed by atoms with Crippen LogP contribution >= 0.6 is 0 Å². The second-order valence-corrected chi connectivity index (χ2v) is 1.76. The number of rotatable bonds is 2. The van der Waals surface area contributed by atoms with Crippen molar-refractivity contribution in [2.24, 2.45) is 5.73 Å². The van der Waals surface area contributed by atoms with Crippen LogP contribution in [0.2, 0.25) is 0 Å². The lowest BCUT2D eigenvalue weighted by Gasteiger charge is -1.98. The summed E-state index contributed by atoms with van der Waals surface area (Å²) in [5.74, 6) is 0.0185. The predicted octanol–water partition coefficient (Wildman–Crippen LogP) is 1.48. The molecule has 50 valence electrons. The van der Waals surface area contributed by atoms with Gasteiger partial charge in [0.15, 0.2) is 0 Å². The SMILES string of the molecule is C=C/C(C)=C(/O)C(=C)N. The highest BCUT2D eigenvalue weighted by atomic mass is 16.3. The van der Waals surface area contributed by atoms with E-state index in [9.17, 15) is 0 Å². The number of hydrogen-bond donors (Lipinski definition) is 2. The zero-order chi connectivity index (χ0) is 7.44. The molecule has 0 aromatic heterocycles. The van der Waals surface area contributed by atoms with Crippen LogP contribution in [0.25, 0.3) is 0 Å². The molecule has 9 heavy (non-hydrogen) atoms. The lowest BCUT2D eigenvalue weighted by Crippen LogP contribution is -1.99. The molecule has 0 radical (unpaired) electrons. The van der Waals surface area contributed by atoms with Gasteiger partial charge in [0, 0.05) is 0 Å². The quantitative estimate of drug-likeness (QED) is 0.433. The zero-order valence-electron chi connectivity index (χ0n) is 5.52. The maximum atomic E-state index is 8.98. The molecule has 0 aliphatic carbocycles. The Hall–Kier alpha value is -1.18. The van der Waals surface area contributed by atoms with E-state index in [-0.39, 0.29) is 11.5 Å². The fraction of sp³-hybridized carbons (Fsp3) is 0.143. The van der Waals surface area contributed by atoms with E-state index < -0.39 is 0 Å². The third-order valence-corrected chi connectivity index (χ3v) is 0.984. The normalized spacial score (nSPS) is 12.1. The van der Waals surface area contributed by atoms with Crippen LogP contribution in [0.5, 0.6) is 0 Å². The Kier molecular flexibility index (Phi) is 2.58. The van der Waals surface area contributed by atoms with Crippen LogP contribution in [0.1, 0.15) is 6.92 Å². The van der Waals surface area contributed by atoms with Crippen LogP contribution in [0.15, 0.2) is 36.3 Å². The van der Waals surface area contributed by atoms with Gasteiger partial charge in [-0.05, 0) is 12.5 Å². The van der Waals surface area contributed by atoms with E-state index in [1.54, 1.807) is 6.92 Å². The van der Waals surface area contributed by atoms with Crippen molar-refractivity contribution in [1.29, 1.82) is 0 Å². The second-order valence-electron chi connectivity index (χ2n) is 1.76. The molecule has 0 unspecified atom stereocenters. The third-order valence-electron chi connectivity index (χ3n) is 0.984. The van der Waals surface area contributed by atoms with E-state index in [0.29, 0.717) is 5.57 Å². The van der Waals surface area contributed by atoms with Crippen LogP contribution in [0.3, 0.4) is 0 Å². The van der Waals surface area contributed by atoms with E-state index in [4.69, 9.17) is 10.8 Å². The maximum Gasteiger partial charge on any atom is 0.140 e. The van der Waals surface area contributed by atoms with Crippen molar-refractivity contribution < 1.29 is 5.11 Å². The zero-order valence-corrected chi connectivity index (χ0v) is 5.52. The average Bonchev–Trinajstić information content (AvgIpc) is 1.84. The number of hydrogen-bond acceptors (Lipinski definition) is 2. The van der Waals surface area contributed by atoms with Crippen molar-refractivity contribution in [3.8, 4) is 0 Å². The molecule has 0 saturated heterocycles. The Labute approximate surface area is 55.0 Å². The summed E-state index contributed by atoms with van der Waals surface area (Å²) < 4.78 is 0. The number of aliphatic hydroxyl groups is 1. The standard InChI is InChI=1S/C7H11NO/c1-4-5(2)7(9)6(3)8/h4,9H,1,3,8H2,2H3/b7-5+. The predicted molar refractivity (Wildman–Crippen MR) is 38.9 cm³/mol. The molecule has 0 aromatic rings. The molecule has 0 bridgehead atoms. The van der Waals surface area contributed by atoms with E-state index in [1.807, 2.05) is 0 Å². The summed E-state index contributed by atoms with van der Waals surface area (Å²) >= 11 is 0. The van der Waals surface area contributed by atoms with Gasteiger partial charge in [-0.2, -0.15) is 0 Å². The molecule has 0 fully saturated rings. The van der Waals surface area contributed by atoms with Gasteiger partial charge in [-0.25, -0.2) is 0 Å². The van der Waals surface area contributed by atoms with Gasteiger partial charge in [-0.3, -0.25) is 0 Å². The molecule has 0 rings (SSSR count). The maximum absolute atomic E-state index is 8.98. The molecule has 0 aliphatic heterocycles. The third kappa shape index (κ3) is 2.04. The minimum absolute atomic E-state index is 0.0185. The van der Waals surface area contributed by atoms with Gasteiger partial charge >= 0.3 is 0 Å². The first-order chi connectivity index (χ1) is 4.09. The number of allylic oxidation sites excluding steroid dienone is 2. The van der Waals surface area contributed by atoms with Gasteiger partial charge in [0.25, 0.3) is 0 Å². The molecule has 0 amide bonds. The Bertz CT molecular complexity index is 168. The van der Waals surface area contributed by atoms with Gasteiger partial charge in [0.1, 0.15) is 5.76 Å². The van der Waals surface area contributed by atoms with Gasteiger partial charge in [0.05, 0.1) is 5.70 Å². The number of aliphatic hydroxyl groups excluding tert-OH is 1. The monoisotopic (exact) mass is 125 g/mol. The van der Waals surface area contributed by atoms with Crippen molar-refractivity contribution >= 4 is 0 Å². The summed E-state index contributed by atoms with van der Waals surface area (Å²) in [5, 5.41) is 8.98. The lowest BCUT2D eigenvalue weighted by atomic mass is 10.2. The summed E-state index contributed by atoms with van der Waals surface area (Å²) in [6, 6.07) is 0. The first-order valence-corrected chi connectivity index (χ1v) is 2.56. The van der Waals surface area contributed by atoms with Gasteiger partial charge in [-0.1, -0.05) is 19.2 Å². The molecule has 2 nitrogen and oxygen atoms in total. The van der Waals surface area contributed by atoms with Gasteiger partial charge < -0.3 is 10.8 Å². The Morgan fingerprint density at radius 2 is 2.11 bits per heavy atom. The Morgan fingerprint density at radius 3 is 2.22 bits per heavy atom. The van der Waals surface area contributed by atoms with Crippen molar-refractivity contribution in [2.75, 3.05) is 0 Å². The smallest absolute Gasteiger partial charge is 0.140 e. The largest absolute Gasteiger partial charge is 0.506 e. The second kappa shape index (κ2) is 2.97. The summed E-state index contributed by atoms with van der Waals surface area (Å²) in [6.45, 7) is 8.50. The molecule has 0 heterocycles. The average molecular weight is 125 g/mol. The first kappa shape index (κ1) is 7.82. The van der Waals surface area contributed by atoms with E-state index >= 15 is 0 Å². The van der Waals surface area contributed by atoms with Crippen molar-refractivity contribution in [1.82, 2.24) is 0 Å². The van der Waals surface area contributed by atoms with Gasteiger partial charge in [-0.15, -0.1) is 0 Å². The summed E-state index contributed by atoms with van der Waals surface area (Å²) in [4.78, 5) is 0. The van der Waals surface area contributed by atoms with Crippen molar-refractivity contribution in [2.45, 2.75) is 6.92 Å². The molecule has 0 atom stereocenters.